The first-order valence-electron chi connectivity index (χ1n) is 9.61. The van der Waals surface area contributed by atoms with Crippen LogP contribution in [0.3, 0.4) is 0 Å². The van der Waals surface area contributed by atoms with Crippen LogP contribution in [0, 0.1) is 11.8 Å². The number of fused-ring (bicyclic) bond motifs is 3. The van der Waals surface area contributed by atoms with Crippen LogP contribution in [-0.4, -0.2) is 63.4 Å². The SMILES string of the molecule is C=CCN(C)C(=O)[C@H]1CN2CCC1C[C@@H]2Cn1cc(CCCC)nn1. The summed E-state index contributed by atoms with van der Waals surface area (Å²) in [7, 11) is 1.88. The Hall–Kier alpha value is -1.69. The Kier molecular flexibility index (Phi) is 5.89. The molecule has 0 radical (unpaired) electrons. The second-order valence-electron chi connectivity index (χ2n) is 7.58. The molecule has 0 spiro atoms. The van der Waals surface area contributed by atoms with E-state index in [-0.39, 0.29) is 11.8 Å². The van der Waals surface area contributed by atoms with Gasteiger partial charge in [-0.2, -0.15) is 0 Å². The van der Waals surface area contributed by atoms with Gasteiger partial charge < -0.3 is 4.90 Å². The molecule has 4 rings (SSSR count). The summed E-state index contributed by atoms with van der Waals surface area (Å²) in [6.07, 6.45) is 9.47. The van der Waals surface area contributed by atoms with Crippen molar-refractivity contribution in [1.29, 1.82) is 0 Å². The van der Waals surface area contributed by atoms with Gasteiger partial charge in [0.05, 0.1) is 18.2 Å². The first-order valence-corrected chi connectivity index (χ1v) is 9.61. The zero-order valence-corrected chi connectivity index (χ0v) is 15.6. The number of hydrogen-bond acceptors (Lipinski definition) is 4. The van der Waals surface area contributed by atoms with E-state index in [2.05, 4.69) is 34.9 Å². The Balaban J connectivity index is 1.58. The van der Waals surface area contributed by atoms with Crippen molar-refractivity contribution in [2.45, 2.75) is 51.6 Å². The van der Waals surface area contributed by atoms with Gasteiger partial charge in [0.2, 0.25) is 5.91 Å². The summed E-state index contributed by atoms with van der Waals surface area (Å²) in [6.45, 7) is 9.43. The molecule has 2 unspecified atom stereocenters. The van der Waals surface area contributed by atoms with E-state index in [1.54, 1.807) is 6.08 Å². The van der Waals surface area contributed by atoms with Crippen LogP contribution in [0.2, 0.25) is 0 Å². The highest BCUT2D eigenvalue weighted by Crippen LogP contribution is 2.37. The lowest BCUT2D eigenvalue weighted by Crippen LogP contribution is -2.58. The summed E-state index contributed by atoms with van der Waals surface area (Å²) >= 11 is 0. The number of carbonyl (C=O) groups excluding carboxylic acids is 1. The number of unbranched alkanes of at least 4 members (excludes halogenated alkanes) is 1. The molecule has 4 heterocycles. The third-order valence-corrected chi connectivity index (χ3v) is 5.75. The van der Waals surface area contributed by atoms with E-state index >= 15 is 0 Å². The molecule has 3 aliphatic rings. The maximum absolute atomic E-state index is 12.7. The summed E-state index contributed by atoms with van der Waals surface area (Å²) in [4.78, 5) is 17.0. The van der Waals surface area contributed by atoms with Gasteiger partial charge in [0.25, 0.3) is 0 Å². The first-order chi connectivity index (χ1) is 12.1. The van der Waals surface area contributed by atoms with Crippen LogP contribution < -0.4 is 0 Å². The fourth-order valence-electron chi connectivity index (χ4n) is 4.29. The summed E-state index contributed by atoms with van der Waals surface area (Å²) in [5.41, 5.74) is 1.09. The second-order valence-corrected chi connectivity index (χ2v) is 7.58. The van der Waals surface area contributed by atoms with Crippen LogP contribution in [0.5, 0.6) is 0 Å². The minimum atomic E-state index is 0.144. The lowest BCUT2D eigenvalue weighted by Gasteiger charge is -2.49. The van der Waals surface area contributed by atoms with Gasteiger partial charge in [-0.3, -0.25) is 14.4 Å². The molecule has 138 valence electrons. The summed E-state index contributed by atoms with van der Waals surface area (Å²) in [5.74, 6) is 0.916. The molecule has 3 saturated heterocycles. The summed E-state index contributed by atoms with van der Waals surface area (Å²) in [5, 5.41) is 8.60. The van der Waals surface area contributed by atoms with Crippen LogP contribution in [0.15, 0.2) is 18.9 Å². The number of hydrogen-bond donors (Lipinski definition) is 0. The lowest BCUT2D eigenvalue weighted by molar-refractivity contribution is -0.142. The highest BCUT2D eigenvalue weighted by molar-refractivity contribution is 5.79. The van der Waals surface area contributed by atoms with Crippen molar-refractivity contribution in [1.82, 2.24) is 24.8 Å². The fourth-order valence-corrected chi connectivity index (χ4v) is 4.29. The third kappa shape index (κ3) is 4.11. The Morgan fingerprint density at radius 2 is 2.36 bits per heavy atom. The number of nitrogens with zero attached hydrogens (tertiary/aromatic N) is 5. The highest BCUT2D eigenvalue weighted by atomic mass is 16.2. The van der Waals surface area contributed by atoms with Crippen molar-refractivity contribution < 1.29 is 4.79 Å². The second kappa shape index (κ2) is 8.13. The first kappa shape index (κ1) is 18.1. The van der Waals surface area contributed by atoms with Gasteiger partial charge >= 0.3 is 0 Å². The molecule has 0 aliphatic carbocycles. The minimum Gasteiger partial charge on any atom is -0.342 e. The van der Waals surface area contributed by atoms with Crippen molar-refractivity contribution in [3.05, 3.63) is 24.5 Å². The normalized spacial score (nSPS) is 28.1. The topological polar surface area (TPSA) is 54.3 Å². The van der Waals surface area contributed by atoms with Gasteiger partial charge in [0.15, 0.2) is 0 Å². The third-order valence-electron chi connectivity index (χ3n) is 5.75. The maximum Gasteiger partial charge on any atom is 0.227 e. The van der Waals surface area contributed by atoms with Crippen LogP contribution in [-0.2, 0) is 17.8 Å². The van der Waals surface area contributed by atoms with E-state index in [4.69, 9.17) is 0 Å². The van der Waals surface area contributed by atoms with Crippen molar-refractivity contribution in [3.8, 4) is 0 Å². The Labute approximate surface area is 150 Å². The molecule has 3 fully saturated rings. The highest BCUT2D eigenvalue weighted by Gasteiger charge is 2.43. The van der Waals surface area contributed by atoms with E-state index in [0.717, 1.165) is 44.6 Å². The van der Waals surface area contributed by atoms with Gasteiger partial charge in [0, 0.05) is 32.4 Å². The summed E-state index contributed by atoms with van der Waals surface area (Å²) < 4.78 is 2.00. The van der Waals surface area contributed by atoms with Crippen LogP contribution in [0.4, 0.5) is 0 Å². The fraction of sp³-hybridized carbons (Fsp3) is 0.737. The van der Waals surface area contributed by atoms with Gasteiger partial charge in [-0.25, -0.2) is 0 Å². The lowest BCUT2D eigenvalue weighted by atomic mass is 9.75. The summed E-state index contributed by atoms with van der Waals surface area (Å²) in [6, 6.07) is 0.480. The van der Waals surface area contributed by atoms with Crippen LogP contribution >= 0.6 is 0 Å². The molecule has 2 bridgehead atoms. The Morgan fingerprint density at radius 1 is 1.52 bits per heavy atom. The van der Waals surface area contributed by atoms with E-state index in [1.165, 1.54) is 12.8 Å². The van der Waals surface area contributed by atoms with Gasteiger partial charge in [0.1, 0.15) is 0 Å². The smallest absolute Gasteiger partial charge is 0.227 e. The zero-order valence-electron chi connectivity index (χ0n) is 15.6. The molecule has 0 aromatic carbocycles. The number of aryl methyl sites for hydroxylation is 1. The van der Waals surface area contributed by atoms with E-state index < -0.39 is 0 Å². The average Bonchev–Trinajstić information content (AvgIpc) is 3.07. The molecule has 3 aliphatic heterocycles. The number of aromatic nitrogens is 3. The predicted octanol–water partition coefficient (Wildman–Crippen LogP) is 1.98. The molecule has 0 N–H and O–H groups in total. The molecule has 0 saturated carbocycles. The number of amides is 1. The van der Waals surface area contributed by atoms with Crippen LogP contribution in [0.25, 0.3) is 0 Å². The number of likely N-dealkylation sites (N-methyl/N-ethyl adjacent to an activating group) is 1. The zero-order chi connectivity index (χ0) is 17.8. The van der Waals surface area contributed by atoms with Crippen molar-refractivity contribution in [2.24, 2.45) is 11.8 Å². The van der Waals surface area contributed by atoms with E-state index in [9.17, 15) is 4.79 Å². The van der Waals surface area contributed by atoms with Gasteiger partial charge in [-0.05, 0) is 38.1 Å². The number of piperidine rings is 3. The van der Waals surface area contributed by atoms with Gasteiger partial charge in [-0.15, -0.1) is 11.7 Å². The van der Waals surface area contributed by atoms with Crippen molar-refractivity contribution in [3.63, 3.8) is 0 Å². The Morgan fingerprint density at radius 3 is 3.04 bits per heavy atom. The quantitative estimate of drug-likeness (QED) is 0.676. The monoisotopic (exact) mass is 345 g/mol. The average molecular weight is 345 g/mol. The number of rotatable bonds is 8. The molecule has 1 aromatic heterocycles. The standard InChI is InChI=1S/C19H31N5O/c1-4-6-7-16-12-24(21-20-16)13-17-11-15-8-10-23(17)14-18(15)19(25)22(3)9-5-2/h5,12,15,17-18H,2,4,6-11,13-14H2,1,3H3/t15?,17-,18+/m1/s1. The molecule has 6 nitrogen and oxygen atoms in total. The maximum atomic E-state index is 12.7. The van der Waals surface area contributed by atoms with Crippen LogP contribution in [0.1, 0.15) is 38.3 Å². The minimum absolute atomic E-state index is 0.144. The predicted molar refractivity (Wildman–Crippen MR) is 98.0 cm³/mol. The molecular formula is C19H31N5O. The van der Waals surface area contributed by atoms with Gasteiger partial charge in [-0.1, -0.05) is 24.6 Å². The molecule has 25 heavy (non-hydrogen) atoms. The molecular weight excluding hydrogens is 314 g/mol. The molecule has 6 heteroatoms. The van der Waals surface area contributed by atoms with E-state index in [1.807, 2.05) is 16.6 Å². The largest absolute Gasteiger partial charge is 0.342 e. The molecule has 4 atom stereocenters. The van der Waals surface area contributed by atoms with Crippen molar-refractivity contribution >= 4 is 5.91 Å². The van der Waals surface area contributed by atoms with E-state index in [0.29, 0.717) is 18.5 Å². The Bertz CT molecular complexity index is 598. The molecule has 1 amide bonds. The van der Waals surface area contributed by atoms with Crippen molar-refractivity contribution in [2.75, 3.05) is 26.7 Å². The molecule has 1 aromatic rings. The number of carbonyl (C=O) groups is 1.